The minimum Gasteiger partial charge on any atom is -0.325 e. The van der Waals surface area contributed by atoms with Crippen LogP contribution in [0.2, 0.25) is 0 Å². The van der Waals surface area contributed by atoms with Crippen LogP contribution in [0.1, 0.15) is 37.3 Å². The van der Waals surface area contributed by atoms with E-state index in [1.807, 2.05) is 50.3 Å². The van der Waals surface area contributed by atoms with Gasteiger partial charge in [0.2, 0.25) is 0 Å². The highest BCUT2D eigenvalue weighted by Crippen LogP contribution is 2.25. The van der Waals surface area contributed by atoms with Gasteiger partial charge in [-0.1, -0.05) is 49.9 Å². The maximum absolute atomic E-state index is 12.7. The molecule has 0 amide bonds. The summed E-state index contributed by atoms with van der Waals surface area (Å²) in [5, 5.41) is 0. The fraction of sp³-hybridized carbons (Fsp3) is 0.375. The summed E-state index contributed by atoms with van der Waals surface area (Å²) >= 11 is 0. The number of alkyl halides is 1. The van der Waals surface area contributed by atoms with Crippen LogP contribution in [0.25, 0.3) is 5.57 Å². The van der Waals surface area contributed by atoms with Gasteiger partial charge in [-0.25, -0.2) is 4.39 Å². The van der Waals surface area contributed by atoms with Crippen LogP contribution in [0.15, 0.2) is 43.0 Å². The van der Waals surface area contributed by atoms with E-state index in [9.17, 15) is 4.39 Å². The Morgan fingerprint density at radius 1 is 1.39 bits per heavy atom. The molecule has 0 saturated heterocycles. The topological polar surface area (TPSA) is 26.0 Å². The van der Waals surface area contributed by atoms with Crippen LogP contribution >= 0.6 is 0 Å². The number of hydrogen-bond acceptors (Lipinski definition) is 1. The van der Waals surface area contributed by atoms with Gasteiger partial charge in [-0.15, -0.1) is 0 Å². The summed E-state index contributed by atoms with van der Waals surface area (Å²) in [6, 6.07) is 7.74. The smallest absolute Gasteiger partial charge is 0.105 e. The van der Waals surface area contributed by atoms with Crippen LogP contribution in [-0.4, -0.2) is 12.7 Å². The average molecular weight is 247 g/mol. The number of hydrogen-bond donors (Lipinski definition) is 1. The molecule has 2 atom stereocenters. The van der Waals surface area contributed by atoms with E-state index in [-0.39, 0.29) is 5.92 Å². The van der Waals surface area contributed by atoms with Crippen LogP contribution in [0.3, 0.4) is 0 Å². The fourth-order valence-electron chi connectivity index (χ4n) is 2.22. The molecule has 98 valence electrons. The summed E-state index contributed by atoms with van der Waals surface area (Å²) in [4.78, 5) is 0. The number of nitrogens with two attached hydrogens (primary N) is 1. The minimum atomic E-state index is -0.479. The first kappa shape index (κ1) is 14.7. The predicted molar refractivity (Wildman–Crippen MR) is 77.3 cm³/mol. The second-order valence-electron chi connectivity index (χ2n) is 4.40. The Hall–Kier alpha value is -1.41. The van der Waals surface area contributed by atoms with E-state index >= 15 is 0 Å². The van der Waals surface area contributed by atoms with Crippen molar-refractivity contribution in [1.29, 1.82) is 0 Å². The molecule has 18 heavy (non-hydrogen) atoms. The maximum atomic E-state index is 12.7. The lowest BCUT2D eigenvalue weighted by atomic mass is 9.89. The van der Waals surface area contributed by atoms with Crippen molar-refractivity contribution in [2.75, 3.05) is 6.67 Å². The van der Waals surface area contributed by atoms with Gasteiger partial charge in [0.1, 0.15) is 6.67 Å². The van der Waals surface area contributed by atoms with E-state index in [4.69, 9.17) is 5.73 Å². The van der Waals surface area contributed by atoms with Crippen molar-refractivity contribution in [3.63, 3.8) is 0 Å². The van der Waals surface area contributed by atoms with Gasteiger partial charge in [-0.2, -0.15) is 0 Å². The summed E-state index contributed by atoms with van der Waals surface area (Å²) in [7, 11) is 0. The van der Waals surface area contributed by atoms with Crippen LogP contribution in [0.5, 0.6) is 0 Å². The number of halogens is 1. The molecule has 0 saturated carbocycles. The molecular formula is C16H22FN. The summed E-state index contributed by atoms with van der Waals surface area (Å²) < 4.78 is 12.7. The molecule has 0 bridgehead atoms. The van der Waals surface area contributed by atoms with E-state index in [1.165, 1.54) is 0 Å². The van der Waals surface area contributed by atoms with E-state index in [2.05, 4.69) is 6.58 Å². The van der Waals surface area contributed by atoms with Gasteiger partial charge in [-0.05, 0) is 30.0 Å². The van der Waals surface area contributed by atoms with Crippen molar-refractivity contribution >= 4 is 5.57 Å². The van der Waals surface area contributed by atoms with Crippen molar-refractivity contribution in [1.82, 2.24) is 0 Å². The zero-order valence-electron chi connectivity index (χ0n) is 11.2. The van der Waals surface area contributed by atoms with Crippen LogP contribution in [-0.2, 0) is 0 Å². The summed E-state index contributed by atoms with van der Waals surface area (Å²) in [6.45, 7) is 7.33. The maximum Gasteiger partial charge on any atom is 0.105 e. The molecule has 2 unspecified atom stereocenters. The van der Waals surface area contributed by atoms with Gasteiger partial charge in [0.15, 0.2) is 0 Å². The second kappa shape index (κ2) is 7.12. The van der Waals surface area contributed by atoms with Crippen LogP contribution < -0.4 is 5.73 Å². The molecule has 0 fully saturated rings. The molecule has 1 nitrogen and oxygen atoms in total. The number of allylic oxidation sites excluding steroid dienone is 3. The Morgan fingerprint density at radius 2 is 2.00 bits per heavy atom. The molecule has 0 aromatic heterocycles. The first-order valence-corrected chi connectivity index (χ1v) is 6.38. The van der Waals surface area contributed by atoms with Crippen molar-refractivity contribution in [2.45, 2.75) is 32.2 Å². The van der Waals surface area contributed by atoms with Crippen molar-refractivity contribution < 1.29 is 4.39 Å². The zero-order chi connectivity index (χ0) is 13.5. The Morgan fingerprint density at radius 3 is 2.39 bits per heavy atom. The van der Waals surface area contributed by atoms with Crippen molar-refractivity contribution in [3.8, 4) is 0 Å². The summed E-state index contributed by atoms with van der Waals surface area (Å²) in [5.74, 6) is 0.0850. The van der Waals surface area contributed by atoms with Gasteiger partial charge in [0, 0.05) is 12.0 Å². The highest BCUT2D eigenvalue weighted by molar-refractivity contribution is 5.73. The Balaban J connectivity index is 2.97. The van der Waals surface area contributed by atoms with Crippen LogP contribution in [0.4, 0.5) is 4.39 Å². The Bertz CT molecular complexity index is 406. The molecule has 0 aliphatic heterocycles. The second-order valence-corrected chi connectivity index (χ2v) is 4.40. The molecule has 0 spiro atoms. The summed E-state index contributed by atoms with van der Waals surface area (Å²) in [5.41, 5.74) is 9.14. The van der Waals surface area contributed by atoms with Gasteiger partial charge in [-0.3, -0.25) is 0 Å². The molecule has 0 heterocycles. The van der Waals surface area contributed by atoms with E-state index in [1.54, 1.807) is 0 Å². The van der Waals surface area contributed by atoms with Gasteiger partial charge in [0.25, 0.3) is 0 Å². The summed E-state index contributed by atoms with van der Waals surface area (Å²) in [6.07, 6.45) is 4.70. The van der Waals surface area contributed by atoms with Gasteiger partial charge in [0.05, 0.1) is 0 Å². The average Bonchev–Trinajstić information content (AvgIpc) is 2.42. The zero-order valence-corrected chi connectivity index (χ0v) is 11.2. The van der Waals surface area contributed by atoms with Crippen LogP contribution in [0, 0.1) is 0 Å². The third-order valence-electron chi connectivity index (χ3n) is 3.34. The number of benzene rings is 1. The standard InChI is InChI=1S/C16H22FN/c1-4-12(5-2)13-7-9-14(10-8-13)15(6-3)16(18)11-17/h4-5,7-10,15-16H,1,6,11,18H2,2-3H3/b12-5+. The highest BCUT2D eigenvalue weighted by Gasteiger charge is 2.17. The first-order valence-electron chi connectivity index (χ1n) is 6.38. The predicted octanol–water partition coefficient (Wildman–Crippen LogP) is 4.07. The van der Waals surface area contributed by atoms with Gasteiger partial charge >= 0.3 is 0 Å². The Labute approximate surface area is 109 Å². The lowest BCUT2D eigenvalue weighted by Gasteiger charge is -2.20. The molecule has 0 aliphatic carbocycles. The first-order chi connectivity index (χ1) is 8.67. The van der Waals surface area contributed by atoms with Crippen molar-refractivity contribution in [2.24, 2.45) is 5.73 Å². The van der Waals surface area contributed by atoms with E-state index in [0.29, 0.717) is 0 Å². The molecule has 0 radical (unpaired) electrons. The minimum absolute atomic E-state index is 0.0850. The molecule has 1 aromatic rings. The molecule has 1 aromatic carbocycles. The van der Waals surface area contributed by atoms with E-state index < -0.39 is 12.7 Å². The molecule has 2 N–H and O–H groups in total. The molecule has 2 heteroatoms. The lowest BCUT2D eigenvalue weighted by Crippen LogP contribution is -2.30. The lowest BCUT2D eigenvalue weighted by molar-refractivity contribution is 0.380. The number of rotatable bonds is 6. The quantitative estimate of drug-likeness (QED) is 0.753. The molecule has 1 rings (SSSR count). The molecular weight excluding hydrogens is 225 g/mol. The third kappa shape index (κ3) is 3.30. The largest absolute Gasteiger partial charge is 0.325 e. The highest BCUT2D eigenvalue weighted by atomic mass is 19.1. The van der Waals surface area contributed by atoms with Crippen molar-refractivity contribution in [3.05, 3.63) is 54.1 Å². The SMILES string of the molecule is C=C/C(=C\C)c1ccc(C(CC)C(N)CF)cc1. The third-order valence-corrected chi connectivity index (χ3v) is 3.34. The fourth-order valence-corrected chi connectivity index (χ4v) is 2.22. The Kier molecular flexibility index (Phi) is 5.79. The monoisotopic (exact) mass is 247 g/mol. The molecule has 0 aliphatic rings. The normalized spacial score (nSPS) is 15.2. The van der Waals surface area contributed by atoms with E-state index in [0.717, 1.165) is 23.1 Å². The van der Waals surface area contributed by atoms with Gasteiger partial charge < -0.3 is 5.73 Å².